The molecule has 1 aromatic heterocycles. The number of hydrogen-bond acceptors (Lipinski definition) is 2. The highest BCUT2D eigenvalue weighted by molar-refractivity contribution is 6.31. The highest BCUT2D eigenvalue weighted by Gasteiger charge is 2.27. The minimum atomic E-state index is -0.464. The van der Waals surface area contributed by atoms with E-state index in [1.165, 1.54) is 5.56 Å². The summed E-state index contributed by atoms with van der Waals surface area (Å²) < 4.78 is 1.85. The fraction of sp³-hybridized carbons (Fsp3) is 0.438. The van der Waals surface area contributed by atoms with Crippen molar-refractivity contribution in [3.63, 3.8) is 0 Å². The molecule has 1 aromatic carbocycles. The molecule has 108 valence electrons. The van der Waals surface area contributed by atoms with E-state index < -0.39 is 5.54 Å². The molecular formula is C16H22ClN3. The lowest BCUT2D eigenvalue weighted by molar-refractivity contribution is 0.469. The van der Waals surface area contributed by atoms with Gasteiger partial charge in [0.1, 0.15) is 0 Å². The van der Waals surface area contributed by atoms with Gasteiger partial charge in [-0.15, -0.1) is 0 Å². The van der Waals surface area contributed by atoms with E-state index in [-0.39, 0.29) is 0 Å². The highest BCUT2D eigenvalue weighted by atomic mass is 35.5. The number of hydrogen-bond donors (Lipinski definition) is 1. The second-order valence-corrected chi connectivity index (χ2v) is 5.97. The highest BCUT2D eigenvalue weighted by Crippen LogP contribution is 2.30. The predicted molar refractivity (Wildman–Crippen MR) is 84.0 cm³/mol. The molecule has 2 aromatic rings. The van der Waals surface area contributed by atoms with Crippen LogP contribution < -0.4 is 5.73 Å². The van der Waals surface area contributed by atoms with Crippen LogP contribution in [0.5, 0.6) is 0 Å². The molecule has 1 unspecified atom stereocenters. The molecule has 0 fully saturated rings. The van der Waals surface area contributed by atoms with E-state index in [0.29, 0.717) is 6.42 Å². The van der Waals surface area contributed by atoms with Gasteiger partial charge in [-0.25, -0.2) is 0 Å². The quantitative estimate of drug-likeness (QED) is 0.939. The molecule has 1 heterocycles. The first-order valence-corrected chi connectivity index (χ1v) is 7.30. The lowest BCUT2D eigenvalue weighted by Crippen LogP contribution is -2.37. The molecule has 20 heavy (non-hydrogen) atoms. The summed E-state index contributed by atoms with van der Waals surface area (Å²) in [7, 11) is 1.92. The first-order valence-electron chi connectivity index (χ1n) is 6.92. The monoisotopic (exact) mass is 291 g/mol. The molecule has 2 rings (SSSR count). The van der Waals surface area contributed by atoms with Crippen LogP contribution in [0.25, 0.3) is 0 Å². The van der Waals surface area contributed by atoms with Gasteiger partial charge in [-0.1, -0.05) is 42.8 Å². The van der Waals surface area contributed by atoms with Crippen LogP contribution in [0.15, 0.2) is 24.3 Å². The van der Waals surface area contributed by atoms with E-state index in [1.807, 2.05) is 30.8 Å². The summed E-state index contributed by atoms with van der Waals surface area (Å²) in [6.45, 7) is 6.19. The van der Waals surface area contributed by atoms with Crippen LogP contribution in [-0.4, -0.2) is 9.78 Å². The van der Waals surface area contributed by atoms with Crippen LogP contribution in [0.4, 0.5) is 0 Å². The van der Waals surface area contributed by atoms with Gasteiger partial charge in [0.15, 0.2) is 0 Å². The third-order valence-corrected chi connectivity index (χ3v) is 4.23. The summed E-state index contributed by atoms with van der Waals surface area (Å²) in [4.78, 5) is 0. The standard InChI is InChI=1S/C16H22ClN3/c1-5-13-15(17)14(20(4)19-13)10-16(3,18)12-9-7-6-8-11(12)2/h6-9H,5,10,18H2,1-4H3. The molecule has 0 aliphatic carbocycles. The van der Waals surface area contributed by atoms with Gasteiger partial charge in [0, 0.05) is 19.0 Å². The van der Waals surface area contributed by atoms with Crippen molar-refractivity contribution >= 4 is 11.6 Å². The Balaban J connectivity index is 2.38. The molecule has 0 amide bonds. The van der Waals surface area contributed by atoms with Crippen molar-refractivity contribution in [2.75, 3.05) is 0 Å². The third-order valence-electron chi connectivity index (χ3n) is 3.80. The zero-order chi connectivity index (χ0) is 14.9. The Morgan fingerprint density at radius 3 is 2.55 bits per heavy atom. The normalized spacial score (nSPS) is 14.3. The van der Waals surface area contributed by atoms with E-state index in [1.54, 1.807) is 0 Å². The van der Waals surface area contributed by atoms with Gasteiger partial charge in [0.05, 0.1) is 16.4 Å². The van der Waals surface area contributed by atoms with Crippen molar-refractivity contribution < 1.29 is 0 Å². The van der Waals surface area contributed by atoms with Crippen LogP contribution in [0.2, 0.25) is 5.02 Å². The molecule has 2 N–H and O–H groups in total. The van der Waals surface area contributed by atoms with Crippen molar-refractivity contribution in [2.24, 2.45) is 12.8 Å². The number of aromatic nitrogens is 2. The Morgan fingerprint density at radius 1 is 1.35 bits per heavy atom. The van der Waals surface area contributed by atoms with Gasteiger partial charge < -0.3 is 5.73 Å². The van der Waals surface area contributed by atoms with E-state index >= 15 is 0 Å². The third kappa shape index (κ3) is 2.74. The first kappa shape index (κ1) is 15.1. The second-order valence-electron chi connectivity index (χ2n) is 5.59. The van der Waals surface area contributed by atoms with Gasteiger partial charge in [0.2, 0.25) is 0 Å². The molecule has 0 spiro atoms. The summed E-state index contributed by atoms with van der Waals surface area (Å²) >= 11 is 6.42. The number of aryl methyl sites for hydroxylation is 3. The zero-order valence-electron chi connectivity index (χ0n) is 12.6. The van der Waals surface area contributed by atoms with Crippen molar-refractivity contribution in [3.8, 4) is 0 Å². The van der Waals surface area contributed by atoms with Crippen molar-refractivity contribution in [1.29, 1.82) is 0 Å². The summed E-state index contributed by atoms with van der Waals surface area (Å²) in [6.07, 6.45) is 1.50. The smallest absolute Gasteiger partial charge is 0.0850 e. The molecule has 0 saturated heterocycles. The fourth-order valence-corrected chi connectivity index (χ4v) is 3.03. The van der Waals surface area contributed by atoms with Gasteiger partial charge in [-0.3, -0.25) is 4.68 Å². The summed E-state index contributed by atoms with van der Waals surface area (Å²) in [6, 6.07) is 8.22. The maximum Gasteiger partial charge on any atom is 0.0850 e. The Hall–Kier alpha value is -1.32. The average molecular weight is 292 g/mol. The van der Waals surface area contributed by atoms with Crippen LogP contribution in [-0.2, 0) is 25.4 Å². The summed E-state index contributed by atoms with van der Waals surface area (Å²) in [5.41, 5.74) is 10.4. The maximum absolute atomic E-state index is 6.56. The predicted octanol–water partition coefficient (Wildman–Crippen LogP) is 3.36. The van der Waals surface area contributed by atoms with Gasteiger partial charge in [-0.05, 0) is 31.4 Å². The Morgan fingerprint density at radius 2 is 2.00 bits per heavy atom. The molecule has 4 heteroatoms. The summed E-state index contributed by atoms with van der Waals surface area (Å²) in [5, 5.41) is 5.21. The number of halogens is 1. The Bertz CT molecular complexity index is 614. The Labute approximate surface area is 125 Å². The molecule has 0 radical (unpaired) electrons. The number of benzene rings is 1. The largest absolute Gasteiger partial charge is 0.321 e. The first-order chi connectivity index (χ1) is 9.36. The minimum absolute atomic E-state index is 0.464. The van der Waals surface area contributed by atoms with E-state index in [9.17, 15) is 0 Å². The summed E-state index contributed by atoms with van der Waals surface area (Å²) in [5.74, 6) is 0. The number of rotatable bonds is 4. The van der Waals surface area contributed by atoms with E-state index in [2.05, 4.69) is 31.1 Å². The van der Waals surface area contributed by atoms with Crippen LogP contribution in [0.1, 0.15) is 36.4 Å². The number of nitrogens with two attached hydrogens (primary N) is 1. The van der Waals surface area contributed by atoms with Crippen LogP contribution in [0, 0.1) is 6.92 Å². The molecule has 1 atom stereocenters. The van der Waals surface area contributed by atoms with E-state index in [0.717, 1.165) is 28.4 Å². The fourth-order valence-electron chi connectivity index (χ4n) is 2.67. The van der Waals surface area contributed by atoms with Crippen LogP contribution in [0.3, 0.4) is 0 Å². The van der Waals surface area contributed by atoms with Crippen molar-refractivity contribution in [3.05, 3.63) is 51.8 Å². The van der Waals surface area contributed by atoms with E-state index in [4.69, 9.17) is 17.3 Å². The SMILES string of the molecule is CCc1nn(C)c(CC(C)(N)c2ccccc2C)c1Cl. The lowest BCUT2D eigenvalue weighted by Gasteiger charge is -2.27. The molecular weight excluding hydrogens is 270 g/mol. The minimum Gasteiger partial charge on any atom is -0.321 e. The number of nitrogens with zero attached hydrogens (tertiary/aromatic N) is 2. The maximum atomic E-state index is 6.56. The van der Waals surface area contributed by atoms with Crippen molar-refractivity contribution in [2.45, 2.75) is 39.2 Å². The molecule has 0 bridgehead atoms. The van der Waals surface area contributed by atoms with Gasteiger partial charge in [0.25, 0.3) is 0 Å². The second kappa shape index (κ2) is 5.58. The van der Waals surface area contributed by atoms with Gasteiger partial charge >= 0.3 is 0 Å². The van der Waals surface area contributed by atoms with Gasteiger partial charge in [-0.2, -0.15) is 5.10 Å². The topological polar surface area (TPSA) is 43.8 Å². The Kier molecular flexibility index (Phi) is 4.21. The molecule has 3 nitrogen and oxygen atoms in total. The zero-order valence-corrected chi connectivity index (χ0v) is 13.3. The van der Waals surface area contributed by atoms with Crippen LogP contribution >= 0.6 is 11.6 Å². The lowest BCUT2D eigenvalue weighted by atomic mass is 9.85. The molecule has 0 aliphatic heterocycles. The molecule has 0 saturated carbocycles. The van der Waals surface area contributed by atoms with Crippen molar-refractivity contribution in [1.82, 2.24) is 9.78 Å². The molecule has 0 aliphatic rings. The average Bonchev–Trinajstić information content (AvgIpc) is 2.66.